The minimum Gasteiger partial charge on any atom is -0.457 e. The van der Waals surface area contributed by atoms with E-state index in [4.69, 9.17) is 4.74 Å². The van der Waals surface area contributed by atoms with Crippen LogP contribution in [0.5, 0.6) is 0 Å². The molecule has 106 valence electrons. The van der Waals surface area contributed by atoms with Crippen LogP contribution in [0, 0.1) is 5.92 Å². The molecule has 0 aliphatic heterocycles. The highest BCUT2D eigenvalue weighted by atomic mass is 16.6. The van der Waals surface area contributed by atoms with Gasteiger partial charge in [0.2, 0.25) is 0 Å². The van der Waals surface area contributed by atoms with Gasteiger partial charge in [-0.05, 0) is 53.0 Å². The van der Waals surface area contributed by atoms with Gasteiger partial charge in [-0.25, -0.2) is 4.79 Å². The van der Waals surface area contributed by atoms with Crippen molar-refractivity contribution in [2.24, 2.45) is 5.92 Å². The highest BCUT2D eigenvalue weighted by Crippen LogP contribution is 2.14. The molecule has 0 heterocycles. The van der Waals surface area contributed by atoms with Crippen LogP contribution in [0.25, 0.3) is 0 Å². The smallest absolute Gasteiger partial charge is 0.333 e. The Labute approximate surface area is 112 Å². The second-order valence-corrected chi connectivity index (χ2v) is 6.35. The number of esters is 1. The number of rotatable bonds is 7. The van der Waals surface area contributed by atoms with E-state index >= 15 is 0 Å². The van der Waals surface area contributed by atoms with Crippen molar-refractivity contribution in [1.82, 2.24) is 5.32 Å². The Kier molecular flexibility index (Phi) is 7.22. The summed E-state index contributed by atoms with van der Waals surface area (Å²) in [5.74, 6) is 0.361. The molecular weight excluding hydrogens is 226 g/mol. The molecule has 0 unspecified atom stereocenters. The van der Waals surface area contributed by atoms with Crippen molar-refractivity contribution in [2.75, 3.05) is 6.54 Å². The van der Waals surface area contributed by atoms with Gasteiger partial charge in [0.25, 0.3) is 0 Å². The molecule has 0 spiro atoms. The molecule has 18 heavy (non-hydrogen) atoms. The van der Waals surface area contributed by atoms with E-state index in [1.165, 1.54) is 0 Å². The zero-order chi connectivity index (χ0) is 14.3. The Morgan fingerprint density at radius 3 is 2.28 bits per heavy atom. The van der Waals surface area contributed by atoms with Gasteiger partial charge in [0.05, 0.1) is 0 Å². The second kappa shape index (κ2) is 7.57. The van der Waals surface area contributed by atoms with Crippen LogP contribution < -0.4 is 5.32 Å². The maximum atomic E-state index is 11.7. The van der Waals surface area contributed by atoms with Gasteiger partial charge in [-0.15, -0.1) is 0 Å². The summed E-state index contributed by atoms with van der Waals surface area (Å²) in [5, 5.41) is 3.43. The van der Waals surface area contributed by atoms with Crippen LogP contribution in [-0.4, -0.2) is 24.2 Å². The minimum absolute atomic E-state index is 0.279. The SMILES string of the molecule is C=C(CC[C@H](C)NCC(C)C)C(=O)OC(C)(C)C. The van der Waals surface area contributed by atoms with Crippen molar-refractivity contribution >= 4 is 5.97 Å². The second-order valence-electron chi connectivity index (χ2n) is 6.35. The highest BCUT2D eigenvalue weighted by molar-refractivity contribution is 5.87. The summed E-state index contributed by atoms with van der Waals surface area (Å²) in [7, 11) is 0. The monoisotopic (exact) mass is 255 g/mol. The van der Waals surface area contributed by atoms with Gasteiger partial charge < -0.3 is 10.1 Å². The summed E-state index contributed by atoms with van der Waals surface area (Å²) >= 11 is 0. The number of carbonyl (C=O) groups excluding carboxylic acids is 1. The van der Waals surface area contributed by atoms with E-state index in [-0.39, 0.29) is 5.97 Å². The van der Waals surface area contributed by atoms with Gasteiger partial charge in [0.15, 0.2) is 0 Å². The number of hydrogen-bond acceptors (Lipinski definition) is 3. The molecule has 0 fully saturated rings. The molecule has 1 atom stereocenters. The third-order valence-electron chi connectivity index (χ3n) is 2.44. The Hall–Kier alpha value is -0.830. The molecule has 0 aromatic heterocycles. The zero-order valence-corrected chi connectivity index (χ0v) is 12.8. The van der Waals surface area contributed by atoms with Crippen LogP contribution in [0.4, 0.5) is 0 Å². The first-order valence-corrected chi connectivity index (χ1v) is 6.76. The molecule has 0 amide bonds. The van der Waals surface area contributed by atoms with E-state index < -0.39 is 5.60 Å². The molecule has 0 aliphatic rings. The fourth-order valence-corrected chi connectivity index (χ4v) is 1.38. The first-order valence-electron chi connectivity index (χ1n) is 6.76. The standard InChI is InChI=1S/C15H29NO2/c1-11(2)10-16-13(4)9-8-12(3)14(17)18-15(5,6)7/h11,13,16H,3,8-10H2,1-2,4-7H3/t13-/m0/s1. The molecular formula is C15H29NO2. The fraction of sp³-hybridized carbons (Fsp3) is 0.800. The number of ether oxygens (including phenoxy) is 1. The van der Waals surface area contributed by atoms with Gasteiger partial charge in [-0.3, -0.25) is 0 Å². The number of carbonyl (C=O) groups is 1. The Morgan fingerprint density at radius 2 is 1.83 bits per heavy atom. The summed E-state index contributed by atoms with van der Waals surface area (Å²) in [5.41, 5.74) is 0.116. The molecule has 3 heteroatoms. The highest BCUT2D eigenvalue weighted by Gasteiger charge is 2.18. The largest absolute Gasteiger partial charge is 0.457 e. The minimum atomic E-state index is -0.443. The van der Waals surface area contributed by atoms with E-state index in [0.29, 0.717) is 24.0 Å². The molecule has 0 aromatic rings. The molecule has 0 rings (SSSR count). The van der Waals surface area contributed by atoms with Gasteiger partial charge >= 0.3 is 5.97 Å². The topological polar surface area (TPSA) is 38.3 Å². The lowest BCUT2D eigenvalue weighted by Crippen LogP contribution is -2.30. The zero-order valence-electron chi connectivity index (χ0n) is 12.8. The van der Waals surface area contributed by atoms with Crippen LogP contribution in [0.1, 0.15) is 54.4 Å². The van der Waals surface area contributed by atoms with Crippen LogP contribution in [0.15, 0.2) is 12.2 Å². The van der Waals surface area contributed by atoms with Gasteiger partial charge in [0, 0.05) is 11.6 Å². The lowest BCUT2D eigenvalue weighted by Gasteiger charge is -2.21. The van der Waals surface area contributed by atoms with E-state index in [1.54, 1.807) is 0 Å². The predicted octanol–water partition coefficient (Wildman–Crippen LogP) is 3.30. The molecule has 0 saturated heterocycles. The van der Waals surface area contributed by atoms with Crippen LogP contribution in [0.2, 0.25) is 0 Å². The quantitative estimate of drug-likeness (QED) is 0.560. The maximum absolute atomic E-state index is 11.7. The normalized spacial score (nSPS) is 13.5. The summed E-state index contributed by atoms with van der Waals surface area (Å²) in [6, 6.07) is 0.395. The molecule has 0 saturated carbocycles. The Balaban J connectivity index is 3.92. The van der Waals surface area contributed by atoms with E-state index in [2.05, 4.69) is 32.7 Å². The Bertz CT molecular complexity index is 277. The van der Waals surface area contributed by atoms with Gasteiger partial charge in [-0.1, -0.05) is 20.4 Å². The summed E-state index contributed by atoms with van der Waals surface area (Å²) in [6.45, 7) is 16.9. The Morgan fingerprint density at radius 1 is 1.28 bits per heavy atom. The molecule has 3 nitrogen and oxygen atoms in total. The first kappa shape index (κ1) is 17.2. The molecule has 0 aromatic carbocycles. The average molecular weight is 255 g/mol. The van der Waals surface area contributed by atoms with Crippen molar-refractivity contribution < 1.29 is 9.53 Å². The van der Waals surface area contributed by atoms with Crippen molar-refractivity contribution in [2.45, 2.75) is 66.0 Å². The summed E-state index contributed by atoms with van der Waals surface area (Å²) < 4.78 is 5.27. The number of nitrogens with one attached hydrogen (secondary N) is 1. The van der Waals surface area contributed by atoms with Crippen molar-refractivity contribution in [1.29, 1.82) is 0 Å². The fourth-order valence-electron chi connectivity index (χ4n) is 1.38. The molecule has 0 bridgehead atoms. The predicted molar refractivity (Wildman–Crippen MR) is 76.5 cm³/mol. The maximum Gasteiger partial charge on any atom is 0.333 e. The van der Waals surface area contributed by atoms with Crippen molar-refractivity contribution in [3.8, 4) is 0 Å². The van der Waals surface area contributed by atoms with E-state index in [0.717, 1.165) is 13.0 Å². The van der Waals surface area contributed by atoms with Crippen molar-refractivity contribution in [3.63, 3.8) is 0 Å². The van der Waals surface area contributed by atoms with E-state index in [9.17, 15) is 4.79 Å². The van der Waals surface area contributed by atoms with Gasteiger partial charge in [0.1, 0.15) is 5.60 Å². The van der Waals surface area contributed by atoms with Crippen molar-refractivity contribution in [3.05, 3.63) is 12.2 Å². The third-order valence-corrected chi connectivity index (χ3v) is 2.44. The summed E-state index contributed by atoms with van der Waals surface area (Å²) in [4.78, 5) is 11.7. The first-order chi connectivity index (χ1) is 8.11. The van der Waals surface area contributed by atoms with Crippen LogP contribution in [-0.2, 0) is 9.53 Å². The number of hydrogen-bond donors (Lipinski definition) is 1. The van der Waals surface area contributed by atoms with Crippen LogP contribution >= 0.6 is 0 Å². The lowest BCUT2D eigenvalue weighted by atomic mass is 10.1. The molecule has 0 aliphatic carbocycles. The van der Waals surface area contributed by atoms with E-state index in [1.807, 2.05) is 20.8 Å². The van der Waals surface area contributed by atoms with Crippen LogP contribution in [0.3, 0.4) is 0 Å². The third kappa shape index (κ3) is 9.23. The average Bonchev–Trinajstić information content (AvgIpc) is 2.20. The summed E-state index contributed by atoms with van der Waals surface area (Å²) in [6.07, 6.45) is 1.59. The molecule has 0 radical (unpaired) electrons. The molecule has 1 N–H and O–H groups in total. The lowest BCUT2D eigenvalue weighted by molar-refractivity contribution is -0.150. The van der Waals surface area contributed by atoms with Gasteiger partial charge in [-0.2, -0.15) is 0 Å².